The van der Waals surface area contributed by atoms with Gasteiger partial charge in [0.25, 0.3) is 0 Å². The first-order valence-corrected chi connectivity index (χ1v) is 9.41. The van der Waals surface area contributed by atoms with Crippen molar-refractivity contribution in [2.24, 2.45) is 0 Å². The first kappa shape index (κ1) is 17.8. The predicted molar refractivity (Wildman–Crippen MR) is 111 cm³/mol. The molecule has 140 valence electrons. The fraction of sp³-hybridized carbons (Fsp3) is 0.300. The number of hydrogen-bond donors (Lipinski definition) is 3. The summed E-state index contributed by atoms with van der Waals surface area (Å²) in [6.45, 7) is 1.61. The number of benzene rings is 2. The molecule has 2 heterocycles. The van der Waals surface area contributed by atoms with Gasteiger partial charge in [-0.2, -0.15) is 4.98 Å². The van der Waals surface area contributed by atoms with Crippen LogP contribution >= 0.6 is 11.6 Å². The summed E-state index contributed by atoms with van der Waals surface area (Å²) in [4.78, 5) is 10.9. The first-order valence-electron chi connectivity index (χ1n) is 9.03. The topological polar surface area (TPSA) is 87.3 Å². The Morgan fingerprint density at radius 1 is 1.15 bits per heavy atom. The van der Waals surface area contributed by atoms with Crippen LogP contribution in [0.5, 0.6) is 0 Å². The molecule has 0 aliphatic carbocycles. The van der Waals surface area contributed by atoms with E-state index in [1.807, 2.05) is 37.4 Å². The number of nitrogens with zero attached hydrogens (tertiary/aromatic N) is 3. The Morgan fingerprint density at radius 3 is 2.67 bits per heavy atom. The third-order valence-electron chi connectivity index (χ3n) is 5.03. The lowest BCUT2D eigenvalue weighted by atomic mass is 9.99. The van der Waals surface area contributed by atoms with Crippen LogP contribution in [0.25, 0.3) is 22.0 Å². The Labute approximate surface area is 163 Å². The third-order valence-corrected chi connectivity index (χ3v) is 5.26. The first-order chi connectivity index (χ1) is 13.0. The number of rotatable bonds is 3. The maximum absolute atomic E-state index is 9.82. The molecule has 3 aromatic rings. The van der Waals surface area contributed by atoms with E-state index in [0.29, 0.717) is 10.8 Å². The molecule has 7 heteroatoms. The van der Waals surface area contributed by atoms with Crippen LogP contribution in [0.1, 0.15) is 12.8 Å². The molecular weight excluding hydrogens is 362 g/mol. The number of nitrogens with two attached hydrogens (primary N) is 1. The summed E-state index contributed by atoms with van der Waals surface area (Å²) >= 11 is 6.29. The minimum Gasteiger partial charge on any atom is -0.393 e. The number of nitrogens with one attached hydrogen (secondary N) is 1. The SMILES string of the molecule is CNc1nc(N)nc2cc(-c3ccc(Cl)cc3N3CCC(O)CC3)ccc12. The zero-order valence-electron chi connectivity index (χ0n) is 15.1. The molecule has 4 rings (SSSR count). The van der Waals surface area contributed by atoms with Gasteiger partial charge in [-0.25, -0.2) is 4.98 Å². The van der Waals surface area contributed by atoms with Gasteiger partial charge in [-0.3, -0.25) is 0 Å². The molecule has 0 atom stereocenters. The molecule has 0 spiro atoms. The van der Waals surface area contributed by atoms with Crippen LogP contribution in [0.4, 0.5) is 17.5 Å². The molecule has 0 amide bonds. The van der Waals surface area contributed by atoms with Crippen LogP contribution in [-0.4, -0.2) is 41.3 Å². The second-order valence-electron chi connectivity index (χ2n) is 6.79. The number of hydrogen-bond acceptors (Lipinski definition) is 6. The standard InChI is InChI=1S/C20H22ClN5O/c1-23-19-16-4-2-12(10-17(16)24-20(22)25-19)15-5-3-13(21)11-18(15)26-8-6-14(27)7-9-26/h2-5,10-11,14,27H,6-9H2,1H3,(H3,22,23,24,25). The highest BCUT2D eigenvalue weighted by Crippen LogP contribution is 2.36. The molecular formula is C20H22ClN5O. The van der Waals surface area contributed by atoms with Crippen LogP contribution in [0.3, 0.4) is 0 Å². The summed E-state index contributed by atoms with van der Waals surface area (Å²) in [6.07, 6.45) is 1.31. The van der Waals surface area contributed by atoms with Crippen LogP contribution in [0.15, 0.2) is 36.4 Å². The lowest BCUT2D eigenvalue weighted by Gasteiger charge is -2.33. The van der Waals surface area contributed by atoms with E-state index in [0.717, 1.165) is 53.6 Å². The Kier molecular flexibility index (Phi) is 4.76. The fourth-order valence-corrected chi connectivity index (χ4v) is 3.79. The highest BCUT2D eigenvalue weighted by molar-refractivity contribution is 6.31. The lowest BCUT2D eigenvalue weighted by molar-refractivity contribution is 0.145. The number of anilines is 3. The lowest BCUT2D eigenvalue weighted by Crippen LogP contribution is -2.36. The Bertz CT molecular complexity index is 986. The van der Waals surface area contributed by atoms with E-state index < -0.39 is 0 Å². The highest BCUT2D eigenvalue weighted by Gasteiger charge is 2.20. The number of halogens is 1. The van der Waals surface area contributed by atoms with Crippen molar-refractivity contribution in [3.8, 4) is 11.1 Å². The number of aromatic nitrogens is 2. The minimum absolute atomic E-state index is 0.218. The van der Waals surface area contributed by atoms with Crippen molar-refractivity contribution in [3.05, 3.63) is 41.4 Å². The molecule has 1 aliphatic rings. The molecule has 0 bridgehead atoms. The molecule has 0 radical (unpaired) electrons. The fourth-order valence-electron chi connectivity index (χ4n) is 3.62. The summed E-state index contributed by atoms with van der Waals surface area (Å²) in [5.41, 5.74) is 9.85. The van der Waals surface area contributed by atoms with Crippen molar-refractivity contribution in [1.82, 2.24) is 9.97 Å². The van der Waals surface area contributed by atoms with Crippen LogP contribution in [-0.2, 0) is 0 Å². The maximum atomic E-state index is 9.82. The van der Waals surface area contributed by atoms with Gasteiger partial charge in [-0.05, 0) is 42.7 Å². The number of aliphatic hydroxyl groups is 1. The van der Waals surface area contributed by atoms with Gasteiger partial charge in [0, 0.05) is 41.8 Å². The second kappa shape index (κ2) is 7.21. The number of aliphatic hydroxyl groups excluding tert-OH is 1. The molecule has 1 fully saturated rings. The van der Waals surface area contributed by atoms with Gasteiger partial charge in [0.2, 0.25) is 5.95 Å². The van der Waals surface area contributed by atoms with E-state index in [2.05, 4.69) is 26.3 Å². The van der Waals surface area contributed by atoms with E-state index in [4.69, 9.17) is 17.3 Å². The molecule has 0 unspecified atom stereocenters. The summed E-state index contributed by atoms with van der Waals surface area (Å²) in [6, 6.07) is 12.0. The molecule has 1 saturated heterocycles. The Balaban J connectivity index is 1.81. The smallest absolute Gasteiger partial charge is 0.222 e. The van der Waals surface area contributed by atoms with E-state index in [1.54, 1.807) is 0 Å². The van der Waals surface area contributed by atoms with Gasteiger partial charge >= 0.3 is 0 Å². The largest absolute Gasteiger partial charge is 0.393 e. The Morgan fingerprint density at radius 2 is 1.93 bits per heavy atom. The summed E-state index contributed by atoms with van der Waals surface area (Å²) in [5.74, 6) is 0.954. The molecule has 1 aromatic heterocycles. The molecule has 6 nitrogen and oxygen atoms in total. The molecule has 1 aliphatic heterocycles. The van der Waals surface area contributed by atoms with Crippen molar-refractivity contribution in [2.45, 2.75) is 18.9 Å². The predicted octanol–water partition coefficient (Wildman–Crippen LogP) is 3.54. The van der Waals surface area contributed by atoms with Crippen molar-refractivity contribution in [2.75, 3.05) is 36.1 Å². The zero-order chi connectivity index (χ0) is 19.0. The second-order valence-corrected chi connectivity index (χ2v) is 7.23. The molecule has 2 aromatic carbocycles. The Hall–Kier alpha value is -2.57. The van der Waals surface area contributed by atoms with Crippen molar-refractivity contribution < 1.29 is 5.11 Å². The quantitative estimate of drug-likeness (QED) is 0.641. The highest BCUT2D eigenvalue weighted by atomic mass is 35.5. The van der Waals surface area contributed by atoms with E-state index in [9.17, 15) is 5.11 Å². The van der Waals surface area contributed by atoms with Gasteiger partial charge in [-0.15, -0.1) is 0 Å². The van der Waals surface area contributed by atoms with Gasteiger partial charge in [0.05, 0.1) is 11.6 Å². The monoisotopic (exact) mass is 383 g/mol. The van der Waals surface area contributed by atoms with Gasteiger partial charge in [0.15, 0.2) is 0 Å². The number of piperidine rings is 1. The molecule has 4 N–H and O–H groups in total. The minimum atomic E-state index is -0.218. The van der Waals surface area contributed by atoms with E-state index in [1.165, 1.54) is 0 Å². The van der Waals surface area contributed by atoms with Gasteiger partial charge < -0.3 is 21.1 Å². The normalized spacial score (nSPS) is 15.3. The third kappa shape index (κ3) is 3.50. The van der Waals surface area contributed by atoms with Crippen LogP contribution in [0, 0.1) is 0 Å². The van der Waals surface area contributed by atoms with Crippen LogP contribution in [0.2, 0.25) is 5.02 Å². The number of fused-ring (bicyclic) bond motifs is 1. The van der Waals surface area contributed by atoms with Crippen LogP contribution < -0.4 is 16.0 Å². The molecule has 0 saturated carbocycles. The number of nitrogen functional groups attached to an aromatic ring is 1. The van der Waals surface area contributed by atoms with E-state index in [-0.39, 0.29) is 12.1 Å². The average Bonchev–Trinajstić information content (AvgIpc) is 2.67. The van der Waals surface area contributed by atoms with Crippen molar-refractivity contribution in [3.63, 3.8) is 0 Å². The zero-order valence-corrected chi connectivity index (χ0v) is 15.9. The molecule has 27 heavy (non-hydrogen) atoms. The van der Waals surface area contributed by atoms with E-state index >= 15 is 0 Å². The van der Waals surface area contributed by atoms with Gasteiger partial charge in [-0.1, -0.05) is 23.7 Å². The van der Waals surface area contributed by atoms with Crippen molar-refractivity contribution in [1.29, 1.82) is 0 Å². The summed E-state index contributed by atoms with van der Waals surface area (Å²) in [7, 11) is 1.82. The summed E-state index contributed by atoms with van der Waals surface area (Å²) in [5, 5.41) is 14.5. The maximum Gasteiger partial charge on any atom is 0.222 e. The summed E-state index contributed by atoms with van der Waals surface area (Å²) < 4.78 is 0. The van der Waals surface area contributed by atoms with Crippen molar-refractivity contribution >= 4 is 40.0 Å². The average molecular weight is 384 g/mol. The van der Waals surface area contributed by atoms with Gasteiger partial charge in [0.1, 0.15) is 5.82 Å².